The fraction of sp³-hybridized carbons (Fsp3) is 0.231. The largest absolute Gasteiger partial charge is 0.478 e. The third-order valence-corrected chi connectivity index (χ3v) is 2.38. The highest BCUT2D eigenvalue weighted by Crippen LogP contribution is 2.14. The zero-order valence-corrected chi connectivity index (χ0v) is 10.6. The van der Waals surface area contributed by atoms with Crippen molar-refractivity contribution in [1.82, 2.24) is 0 Å². The second-order valence-corrected chi connectivity index (χ2v) is 3.88. The molecule has 0 aliphatic carbocycles. The van der Waals surface area contributed by atoms with Crippen LogP contribution in [0.2, 0.25) is 0 Å². The van der Waals surface area contributed by atoms with Gasteiger partial charge in [-0.1, -0.05) is 6.92 Å². The molecule has 0 heterocycles. The summed E-state index contributed by atoms with van der Waals surface area (Å²) in [6.07, 6.45) is 0.565. The van der Waals surface area contributed by atoms with E-state index in [1.807, 2.05) is 0 Å². The van der Waals surface area contributed by atoms with Crippen molar-refractivity contribution in [2.45, 2.75) is 19.8 Å². The van der Waals surface area contributed by atoms with Gasteiger partial charge >= 0.3 is 23.9 Å². The normalized spacial score (nSPS) is 9.85. The topological polar surface area (TPSA) is 118 Å². The van der Waals surface area contributed by atoms with Crippen LogP contribution in [0.4, 0.5) is 0 Å². The molecule has 0 fully saturated rings. The fourth-order valence-corrected chi connectivity index (χ4v) is 1.45. The lowest BCUT2D eigenvalue weighted by Crippen LogP contribution is -2.14. The van der Waals surface area contributed by atoms with Crippen molar-refractivity contribution in [2.75, 3.05) is 0 Å². The van der Waals surface area contributed by atoms with E-state index in [4.69, 9.17) is 10.2 Å². The number of benzene rings is 1. The van der Waals surface area contributed by atoms with Gasteiger partial charge in [0, 0.05) is 6.42 Å². The number of ether oxygens (including phenoxy) is 1. The van der Waals surface area contributed by atoms with Gasteiger partial charge in [-0.25, -0.2) is 14.4 Å². The zero-order chi connectivity index (χ0) is 15.3. The van der Waals surface area contributed by atoms with Crippen molar-refractivity contribution < 1.29 is 34.1 Å². The summed E-state index contributed by atoms with van der Waals surface area (Å²) in [6, 6.07) is 2.94. The summed E-state index contributed by atoms with van der Waals surface area (Å²) in [6.45, 7) is 1.73. The van der Waals surface area contributed by atoms with Gasteiger partial charge in [-0.2, -0.15) is 0 Å². The lowest BCUT2D eigenvalue weighted by Gasteiger charge is -2.05. The van der Waals surface area contributed by atoms with Gasteiger partial charge in [-0.15, -0.1) is 0 Å². The van der Waals surface area contributed by atoms with Crippen LogP contribution >= 0.6 is 0 Å². The molecule has 1 rings (SSSR count). The summed E-state index contributed by atoms with van der Waals surface area (Å²) in [5.74, 6) is -4.65. The first-order valence-electron chi connectivity index (χ1n) is 5.72. The average molecular weight is 280 g/mol. The predicted molar refractivity (Wildman–Crippen MR) is 65.7 cm³/mol. The number of aromatic carboxylic acids is 2. The number of rotatable bonds is 5. The predicted octanol–water partition coefficient (Wildman–Crippen LogP) is 1.57. The maximum Gasteiger partial charge on any atom is 0.345 e. The Bertz CT molecular complexity index is 574. The SMILES string of the molecule is CCCC(=O)OC(=O)c1ccc(C(=O)O)c(C(=O)O)c1. The molecule has 0 amide bonds. The molecule has 0 aliphatic rings. The summed E-state index contributed by atoms with van der Waals surface area (Å²) >= 11 is 0. The molecule has 106 valence electrons. The number of carbonyl (C=O) groups excluding carboxylic acids is 2. The van der Waals surface area contributed by atoms with Gasteiger partial charge in [0.2, 0.25) is 0 Å². The highest BCUT2D eigenvalue weighted by Gasteiger charge is 2.20. The fourth-order valence-electron chi connectivity index (χ4n) is 1.45. The molecule has 0 aliphatic heterocycles. The van der Waals surface area contributed by atoms with Crippen LogP contribution in [0.25, 0.3) is 0 Å². The van der Waals surface area contributed by atoms with Gasteiger partial charge in [-0.3, -0.25) is 4.79 Å². The molecule has 7 nitrogen and oxygen atoms in total. The Morgan fingerprint density at radius 2 is 1.65 bits per heavy atom. The first-order chi connectivity index (χ1) is 9.36. The van der Waals surface area contributed by atoms with E-state index in [0.29, 0.717) is 6.42 Å². The molecule has 0 aromatic heterocycles. The smallest absolute Gasteiger partial charge is 0.345 e. The molecule has 7 heteroatoms. The molecule has 0 spiro atoms. The number of esters is 2. The standard InChI is InChI=1S/C13H12O7/c1-2-3-10(14)20-13(19)7-4-5-8(11(15)16)9(6-7)12(17)18/h4-6H,2-3H2,1H3,(H,15,16)(H,17,18). The Morgan fingerprint density at radius 1 is 1.05 bits per heavy atom. The van der Waals surface area contributed by atoms with Gasteiger partial charge in [0.05, 0.1) is 16.7 Å². The average Bonchev–Trinajstić information content (AvgIpc) is 2.37. The quantitative estimate of drug-likeness (QED) is 0.620. The van der Waals surface area contributed by atoms with Crippen molar-refractivity contribution in [3.63, 3.8) is 0 Å². The van der Waals surface area contributed by atoms with E-state index in [-0.39, 0.29) is 12.0 Å². The molecule has 2 N–H and O–H groups in total. The van der Waals surface area contributed by atoms with E-state index in [0.717, 1.165) is 18.2 Å². The third-order valence-electron chi connectivity index (χ3n) is 2.38. The van der Waals surface area contributed by atoms with Crippen molar-refractivity contribution in [3.05, 3.63) is 34.9 Å². The van der Waals surface area contributed by atoms with Crippen LogP contribution in [0.5, 0.6) is 0 Å². The maximum absolute atomic E-state index is 11.6. The summed E-state index contributed by atoms with van der Waals surface area (Å²) in [4.78, 5) is 44.5. The summed E-state index contributed by atoms with van der Waals surface area (Å²) in [5, 5.41) is 17.7. The van der Waals surface area contributed by atoms with E-state index in [1.165, 1.54) is 0 Å². The Kier molecular flexibility index (Phi) is 4.96. The minimum Gasteiger partial charge on any atom is -0.478 e. The van der Waals surface area contributed by atoms with Crippen molar-refractivity contribution in [2.24, 2.45) is 0 Å². The monoisotopic (exact) mass is 280 g/mol. The molecule has 0 saturated heterocycles. The van der Waals surface area contributed by atoms with Crippen LogP contribution in [0.3, 0.4) is 0 Å². The lowest BCUT2D eigenvalue weighted by atomic mass is 10.0. The van der Waals surface area contributed by atoms with E-state index in [2.05, 4.69) is 4.74 Å². The first-order valence-corrected chi connectivity index (χ1v) is 5.72. The summed E-state index contributed by atoms with van der Waals surface area (Å²) < 4.78 is 4.49. The van der Waals surface area contributed by atoms with Gasteiger partial charge in [0.15, 0.2) is 0 Å². The summed E-state index contributed by atoms with van der Waals surface area (Å²) in [7, 11) is 0. The second kappa shape index (κ2) is 6.46. The molecular formula is C13H12O7. The number of hydrogen-bond donors (Lipinski definition) is 2. The van der Waals surface area contributed by atoms with Crippen LogP contribution < -0.4 is 0 Å². The van der Waals surface area contributed by atoms with Crippen LogP contribution in [-0.4, -0.2) is 34.1 Å². The molecule has 0 radical (unpaired) electrons. The van der Waals surface area contributed by atoms with Crippen molar-refractivity contribution in [3.8, 4) is 0 Å². The molecule has 0 unspecified atom stereocenters. The maximum atomic E-state index is 11.6. The zero-order valence-electron chi connectivity index (χ0n) is 10.6. The highest BCUT2D eigenvalue weighted by atomic mass is 16.6. The minimum absolute atomic E-state index is 0.0603. The van der Waals surface area contributed by atoms with Crippen molar-refractivity contribution in [1.29, 1.82) is 0 Å². The van der Waals surface area contributed by atoms with Crippen LogP contribution in [0.15, 0.2) is 18.2 Å². The molecule has 20 heavy (non-hydrogen) atoms. The Hall–Kier alpha value is -2.70. The van der Waals surface area contributed by atoms with Gasteiger partial charge in [0.25, 0.3) is 0 Å². The van der Waals surface area contributed by atoms with E-state index in [1.54, 1.807) is 6.92 Å². The molecule has 0 bridgehead atoms. The molecule has 0 saturated carbocycles. The van der Waals surface area contributed by atoms with Crippen LogP contribution in [0.1, 0.15) is 50.8 Å². The number of carboxylic acids is 2. The minimum atomic E-state index is -1.49. The van der Waals surface area contributed by atoms with E-state index < -0.39 is 35.0 Å². The van der Waals surface area contributed by atoms with E-state index >= 15 is 0 Å². The highest BCUT2D eigenvalue weighted by molar-refractivity contribution is 6.05. The molecule has 1 aromatic rings. The van der Waals surface area contributed by atoms with Crippen molar-refractivity contribution >= 4 is 23.9 Å². The molecule has 0 atom stereocenters. The Labute approximate surface area is 113 Å². The van der Waals surface area contributed by atoms with Gasteiger partial charge in [0.1, 0.15) is 0 Å². The first kappa shape index (κ1) is 15.4. The number of carbonyl (C=O) groups is 4. The van der Waals surface area contributed by atoms with E-state index in [9.17, 15) is 19.2 Å². The summed E-state index contributed by atoms with van der Waals surface area (Å²) in [5.41, 5.74) is -1.19. The second-order valence-electron chi connectivity index (χ2n) is 3.88. The molecular weight excluding hydrogens is 268 g/mol. The lowest BCUT2D eigenvalue weighted by molar-refractivity contribution is -0.138. The third kappa shape index (κ3) is 3.64. The number of hydrogen-bond acceptors (Lipinski definition) is 5. The Balaban J connectivity index is 3.06. The van der Waals surface area contributed by atoms with Crippen LogP contribution in [0, 0.1) is 0 Å². The van der Waals surface area contributed by atoms with Gasteiger partial charge < -0.3 is 14.9 Å². The van der Waals surface area contributed by atoms with Gasteiger partial charge in [-0.05, 0) is 24.6 Å². The van der Waals surface area contributed by atoms with Crippen LogP contribution in [-0.2, 0) is 9.53 Å². The Morgan fingerprint density at radius 3 is 2.15 bits per heavy atom. The number of carboxylic acid groups (broad SMARTS) is 2. The molecule has 1 aromatic carbocycles.